The van der Waals surface area contributed by atoms with Crippen LogP contribution in [0.5, 0.6) is 0 Å². The van der Waals surface area contributed by atoms with Crippen molar-refractivity contribution in [3.63, 3.8) is 0 Å². The van der Waals surface area contributed by atoms with Crippen molar-refractivity contribution in [3.05, 3.63) is 12.2 Å². The molecule has 0 heterocycles. The molecule has 0 spiro atoms. The molecule has 3 heteroatoms. The molecule has 11 heavy (non-hydrogen) atoms. The van der Waals surface area contributed by atoms with E-state index in [2.05, 4.69) is 11.1 Å². The van der Waals surface area contributed by atoms with Crippen molar-refractivity contribution in [2.75, 3.05) is 13.2 Å². The lowest BCUT2D eigenvalue weighted by Crippen LogP contribution is -2.09. The zero-order chi connectivity index (χ0) is 8.53. The summed E-state index contributed by atoms with van der Waals surface area (Å²) in [5, 5.41) is 3.69. The summed E-state index contributed by atoms with van der Waals surface area (Å²) in [6, 6.07) is 0. The highest BCUT2D eigenvalue weighted by Crippen LogP contribution is 1.80. The SMILES string of the molecule is C#C/C=C/CO/N=C(\C)CN. The molecule has 0 rings (SSSR count). The van der Waals surface area contributed by atoms with Crippen molar-refractivity contribution in [1.29, 1.82) is 0 Å². The zero-order valence-corrected chi connectivity index (χ0v) is 6.58. The van der Waals surface area contributed by atoms with Crippen molar-refractivity contribution in [1.82, 2.24) is 0 Å². The van der Waals surface area contributed by atoms with Crippen LogP contribution in [0.15, 0.2) is 17.3 Å². The van der Waals surface area contributed by atoms with Crippen LogP contribution < -0.4 is 5.73 Å². The Bertz CT molecular complexity index is 189. The van der Waals surface area contributed by atoms with Gasteiger partial charge < -0.3 is 10.6 Å². The van der Waals surface area contributed by atoms with E-state index in [-0.39, 0.29) is 0 Å². The molecule has 0 unspecified atom stereocenters. The third-order valence-electron chi connectivity index (χ3n) is 0.901. The van der Waals surface area contributed by atoms with Gasteiger partial charge in [-0.25, -0.2) is 0 Å². The standard InChI is InChI=1S/C8H12N2O/c1-3-4-5-6-11-10-8(2)7-9/h1,4-5H,6-7,9H2,2H3/b5-4+,10-8+. The lowest BCUT2D eigenvalue weighted by Gasteiger charge is -1.94. The van der Waals surface area contributed by atoms with Crippen molar-refractivity contribution >= 4 is 5.71 Å². The molecule has 0 fully saturated rings. The Morgan fingerprint density at radius 3 is 3.09 bits per heavy atom. The summed E-state index contributed by atoms with van der Waals surface area (Å²) in [6.07, 6.45) is 8.21. The molecule has 60 valence electrons. The molecule has 0 aliphatic rings. The van der Waals surface area contributed by atoms with Gasteiger partial charge in [-0.15, -0.1) is 6.42 Å². The van der Waals surface area contributed by atoms with Gasteiger partial charge in [0.25, 0.3) is 0 Å². The van der Waals surface area contributed by atoms with E-state index in [1.807, 2.05) is 0 Å². The van der Waals surface area contributed by atoms with Gasteiger partial charge in [0, 0.05) is 6.54 Å². The third-order valence-corrected chi connectivity index (χ3v) is 0.901. The largest absolute Gasteiger partial charge is 0.392 e. The molecule has 0 radical (unpaired) electrons. The summed E-state index contributed by atoms with van der Waals surface area (Å²) in [7, 11) is 0. The molecule has 0 aromatic heterocycles. The normalized spacial score (nSPS) is 11.5. The highest BCUT2D eigenvalue weighted by Gasteiger charge is 1.83. The first-order valence-corrected chi connectivity index (χ1v) is 3.28. The predicted molar refractivity (Wildman–Crippen MR) is 46.1 cm³/mol. The average molecular weight is 152 g/mol. The summed E-state index contributed by atoms with van der Waals surface area (Å²) in [5.41, 5.74) is 6.01. The molecule has 0 aromatic carbocycles. The highest BCUT2D eigenvalue weighted by molar-refractivity contribution is 5.83. The first-order chi connectivity index (χ1) is 5.31. The first-order valence-electron chi connectivity index (χ1n) is 3.28. The molecule has 0 saturated carbocycles. The Balaban J connectivity index is 3.42. The van der Waals surface area contributed by atoms with E-state index in [9.17, 15) is 0 Å². The van der Waals surface area contributed by atoms with Gasteiger partial charge in [-0.05, 0) is 19.1 Å². The summed E-state index contributed by atoms with van der Waals surface area (Å²) in [4.78, 5) is 4.81. The van der Waals surface area contributed by atoms with E-state index in [1.165, 1.54) is 0 Å². The molecule has 2 N–H and O–H groups in total. The minimum absolute atomic E-state index is 0.390. The Morgan fingerprint density at radius 1 is 1.82 bits per heavy atom. The quantitative estimate of drug-likeness (QED) is 0.276. The molecular weight excluding hydrogens is 140 g/mol. The summed E-state index contributed by atoms with van der Waals surface area (Å²) < 4.78 is 0. The Hall–Kier alpha value is -1.27. The van der Waals surface area contributed by atoms with Crippen LogP contribution in [0.4, 0.5) is 0 Å². The van der Waals surface area contributed by atoms with E-state index in [0.717, 1.165) is 5.71 Å². The van der Waals surface area contributed by atoms with Gasteiger partial charge >= 0.3 is 0 Å². The van der Waals surface area contributed by atoms with Crippen LogP contribution in [0, 0.1) is 12.3 Å². The second-order valence-electron chi connectivity index (χ2n) is 1.90. The molecule has 0 aromatic rings. The summed E-state index contributed by atoms with van der Waals surface area (Å²) in [5.74, 6) is 2.34. The van der Waals surface area contributed by atoms with Crippen LogP contribution in [-0.2, 0) is 4.84 Å². The van der Waals surface area contributed by atoms with Crippen molar-refractivity contribution in [2.45, 2.75) is 6.92 Å². The lowest BCUT2D eigenvalue weighted by molar-refractivity contribution is 0.174. The van der Waals surface area contributed by atoms with E-state index >= 15 is 0 Å². The molecule has 0 aliphatic heterocycles. The molecule has 0 atom stereocenters. The number of allylic oxidation sites excluding steroid dienone is 1. The van der Waals surface area contributed by atoms with Gasteiger partial charge in [0.1, 0.15) is 6.61 Å². The van der Waals surface area contributed by atoms with Crippen LogP contribution in [0.25, 0.3) is 0 Å². The fraction of sp³-hybridized carbons (Fsp3) is 0.375. The van der Waals surface area contributed by atoms with Crippen LogP contribution in [0.2, 0.25) is 0 Å². The topological polar surface area (TPSA) is 47.6 Å². The molecule has 0 amide bonds. The van der Waals surface area contributed by atoms with Crippen molar-refractivity contribution in [3.8, 4) is 12.3 Å². The minimum Gasteiger partial charge on any atom is -0.392 e. The molecule has 0 saturated heterocycles. The van der Waals surface area contributed by atoms with Crippen LogP contribution in [-0.4, -0.2) is 18.9 Å². The fourth-order valence-electron chi connectivity index (χ4n) is 0.344. The minimum atomic E-state index is 0.390. The number of nitrogens with zero attached hydrogens (tertiary/aromatic N) is 1. The van der Waals surface area contributed by atoms with Gasteiger partial charge in [0.15, 0.2) is 0 Å². The summed E-state index contributed by atoms with van der Waals surface area (Å²) in [6.45, 7) is 2.60. The molecule has 0 aliphatic carbocycles. The van der Waals surface area contributed by atoms with E-state index in [4.69, 9.17) is 17.0 Å². The molecule has 0 bridgehead atoms. The van der Waals surface area contributed by atoms with Crippen molar-refractivity contribution in [2.24, 2.45) is 10.9 Å². The zero-order valence-electron chi connectivity index (χ0n) is 6.58. The number of rotatable bonds is 4. The Morgan fingerprint density at radius 2 is 2.55 bits per heavy atom. The van der Waals surface area contributed by atoms with E-state index in [1.54, 1.807) is 19.1 Å². The number of hydrogen-bond donors (Lipinski definition) is 1. The van der Waals surface area contributed by atoms with Gasteiger partial charge in [0.2, 0.25) is 0 Å². The monoisotopic (exact) mass is 152 g/mol. The predicted octanol–water partition coefficient (Wildman–Crippen LogP) is 0.527. The van der Waals surface area contributed by atoms with E-state index in [0.29, 0.717) is 13.2 Å². The van der Waals surface area contributed by atoms with Gasteiger partial charge in [0.05, 0.1) is 5.71 Å². The van der Waals surface area contributed by atoms with Gasteiger partial charge in [-0.1, -0.05) is 11.1 Å². The second-order valence-corrected chi connectivity index (χ2v) is 1.90. The third kappa shape index (κ3) is 6.62. The number of oxime groups is 1. The maximum absolute atomic E-state index is 5.25. The Kier molecular flexibility index (Phi) is 6.05. The second kappa shape index (κ2) is 6.84. The lowest BCUT2D eigenvalue weighted by atomic mass is 10.4. The molecule has 3 nitrogen and oxygen atoms in total. The summed E-state index contributed by atoms with van der Waals surface area (Å²) >= 11 is 0. The van der Waals surface area contributed by atoms with Crippen LogP contribution in [0.3, 0.4) is 0 Å². The highest BCUT2D eigenvalue weighted by atomic mass is 16.6. The Labute approximate surface area is 66.9 Å². The maximum atomic E-state index is 5.25. The van der Waals surface area contributed by atoms with Crippen molar-refractivity contribution < 1.29 is 4.84 Å². The van der Waals surface area contributed by atoms with Crippen LogP contribution >= 0.6 is 0 Å². The van der Waals surface area contributed by atoms with Gasteiger partial charge in [-0.2, -0.15) is 0 Å². The van der Waals surface area contributed by atoms with Gasteiger partial charge in [-0.3, -0.25) is 0 Å². The number of nitrogens with two attached hydrogens (primary N) is 1. The number of terminal acetylenes is 1. The molecular formula is C8H12N2O. The average Bonchev–Trinajstić information content (AvgIpc) is 2.04. The van der Waals surface area contributed by atoms with E-state index < -0.39 is 0 Å². The van der Waals surface area contributed by atoms with Crippen LogP contribution in [0.1, 0.15) is 6.92 Å². The first kappa shape index (κ1) is 9.73. The maximum Gasteiger partial charge on any atom is 0.136 e. The fourth-order valence-corrected chi connectivity index (χ4v) is 0.344. The number of hydrogen-bond acceptors (Lipinski definition) is 3. The smallest absolute Gasteiger partial charge is 0.136 e.